The maximum atomic E-state index is 12.3. The van der Waals surface area contributed by atoms with Crippen LogP contribution in [0.25, 0.3) is 0 Å². The zero-order valence-electron chi connectivity index (χ0n) is 13.9. The van der Waals surface area contributed by atoms with Crippen LogP contribution in [0.5, 0.6) is 0 Å². The zero-order valence-corrected chi connectivity index (χ0v) is 13.9. The number of hydrogen-bond donors (Lipinski definition) is 0. The number of hydrogen-bond acceptors (Lipinski definition) is 5. The van der Waals surface area contributed by atoms with Crippen molar-refractivity contribution < 1.29 is 23.9 Å². The molecule has 1 aliphatic rings. The van der Waals surface area contributed by atoms with Crippen LogP contribution in [0.2, 0.25) is 0 Å². The third-order valence-corrected chi connectivity index (χ3v) is 3.43. The number of rotatable bonds is 3. The third-order valence-electron chi connectivity index (χ3n) is 3.43. The second-order valence-corrected chi connectivity index (χ2v) is 6.48. The zero-order chi connectivity index (χ0) is 17.0. The second-order valence-electron chi connectivity index (χ2n) is 6.48. The Balaban J connectivity index is 2.15. The number of carbonyl (C=O) groups excluding carboxylic acids is 2. The molecule has 1 aliphatic heterocycles. The van der Waals surface area contributed by atoms with E-state index >= 15 is 0 Å². The molecule has 0 bridgehead atoms. The number of nitrogens with zero attached hydrogens (tertiary/aromatic N) is 1. The van der Waals surface area contributed by atoms with Gasteiger partial charge in [0, 0.05) is 6.42 Å². The van der Waals surface area contributed by atoms with Gasteiger partial charge in [-0.05, 0) is 26.3 Å². The van der Waals surface area contributed by atoms with Crippen LogP contribution in [0.1, 0.15) is 45.3 Å². The molecule has 1 aromatic rings. The molecule has 6 heteroatoms. The van der Waals surface area contributed by atoms with Crippen LogP contribution < -0.4 is 0 Å². The van der Waals surface area contributed by atoms with Gasteiger partial charge in [0.1, 0.15) is 11.7 Å². The van der Waals surface area contributed by atoms with Crippen molar-refractivity contribution in [3.8, 4) is 0 Å². The van der Waals surface area contributed by atoms with E-state index in [1.54, 1.807) is 20.8 Å². The van der Waals surface area contributed by atoms with Gasteiger partial charge >= 0.3 is 12.1 Å². The van der Waals surface area contributed by atoms with E-state index in [2.05, 4.69) is 0 Å². The standard InChI is InChI=1S/C17H23NO5/c1-17(2,3)22-16(20)18-13(11-15(19)21-4)10-14(23-18)12-8-6-5-7-9-12/h5-9,13-14H,10-11H2,1-4H3/t13-,14+/m0/s1. The lowest BCUT2D eigenvalue weighted by atomic mass is 10.0. The fraction of sp³-hybridized carbons (Fsp3) is 0.529. The molecule has 1 saturated heterocycles. The van der Waals surface area contributed by atoms with Crippen LogP contribution in [-0.2, 0) is 19.1 Å². The maximum absolute atomic E-state index is 12.3. The molecule has 0 radical (unpaired) electrons. The van der Waals surface area contributed by atoms with Gasteiger partial charge in [-0.15, -0.1) is 0 Å². The van der Waals surface area contributed by atoms with E-state index in [0.717, 1.165) is 5.56 Å². The summed E-state index contributed by atoms with van der Waals surface area (Å²) in [5.74, 6) is -0.388. The summed E-state index contributed by atoms with van der Waals surface area (Å²) in [5.41, 5.74) is 0.314. The largest absolute Gasteiger partial charge is 0.469 e. The van der Waals surface area contributed by atoms with Crippen LogP contribution >= 0.6 is 0 Å². The Bertz CT molecular complexity index is 552. The van der Waals surface area contributed by atoms with Gasteiger partial charge in [0.15, 0.2) is 0 Å². The summed E-state index contributed by atoms with van der Waals surface area (Å²) < 4.78 is 10.1. The van der Waals surface area contributed by atoms with Crippen molar-refractivity contribution in [2.75, 3.05) is 7.11 Å². The van der Waals surface area contributed by atoms with Gasteiger partial charge in [-0.25, -0.2) is 4.79 Å². The molecule has 0 aliphatic carbocycles. The molecule has 1 aromatic carbocycles. The maximum Gasteiger partial charge on any atom is 0.434 e. The minimum Gasteiger partial charge on any atom is -0.469 e. The van der Waals surface area contributed by atoms with Crippen LogP contribution in [-0.4, -0.2) is 35.9 Å². The minimum atomic E-state index is -0.638. The van der Waals surface area contributed by atoms with Gasteiger partial charge in [0.05, 0.1) is 19.6 Å². The second kappa shape index (κ2) is 7.00. The number of esters is 1. The molecule has 1 amide bonds. The minimum absolute atomic E-state index is 0.0685. The predicted octanol–water partition coefficient (Wildman–Crippen LogP) is 3.23. The summed E-state index contributed by atoms with van der Waals surface area (Å²) in [7, 11) is 1.32. The summed E-state index contributed by atoms with van der Waals surface area (Å²) in [5, 5.41) is 1.17. The highest BCUT2D eigenvalue weighted by Crippen LogP contribution is 2.35. The molecule has 1 heterocycles. The fourth-order valence-electron chi connectivity index (χ4n) is 2.41. The predicted molar refractivity (Wildman–Crippen MR) is 83.4 cm³/mol. The van der Waals surface area contributed by atoms with Crippen molar-refractivity contribution in [2.24, 2.45) is 0 Å². The number of carbonyl (C=O) groups is 2. The van der Waals surface area contributed by atoms with E-state index in [-0.39, 0.29) is 18.5 Å². The van der Waals surface area contributed by atoms with Crippen LogP contribution in [0.4, 0.5) is 4.79 Å². The van der Waals surface area contributed by atoms with Gasteiger partial charge < -0.3 is 9.47 Å². The van der Waals surface area contributed by atoms with Crippen LogP contribution in [0, 0.1) is 0 Å². The molecule has 1 fully saturated rings. The SMILES string of the molecule is COC(=O)C[C@@H]1C[C@H](c2ccccc2)ON1C(=O)OC(C)(C)C. The van der Waals surface area contributed by atoms with Gasteiger partial charge in [-0.3, -0.25) is 9.63 Å². The molecule has 126 valence electrons. The quantitative estimate of drug-likeness (QED) is 0.800. The molecule has 0 spiro atoms. The van der Waals surface area contributed by atoms with Crippen LogP contribution in [0.15, 0.2) is 30.3 Å². The van der Waals surface area contributed by atoms with E-state index in [1.807, 2.05) is 30.3 Å². The van der Waals surface area contributed by atoms with Gasteiger partial charge in [-0.2, -0.15) is 5.06 Å². The summed E-state index contributed by atoms with van der Waals surface area (Å²) in [4.78, 5) is 29.7. The monoisotopic (exact) mass is 321 g/mol. The van der Waals surface area contributed by atoms with Crippen LogP contribution in [0.3, 0.4) is 0 Å². The van der Waals surface area contributed by atoms with Gasteiger partial charge in [0.25, 0.3) is 0 Å². The van der Waals surface area contributed by atoms with Gasteiger partial charge in [0.2, 0.25) is 0 Å². The Morgan fingerprint density at radius 2 is 1.91 bits per heavy atom. The molecule has 0 aromatic heterocycles. The first kappa shape index (κ1) is 17.3. The molecule has 0 saturated carbocycles. The van der Waals surface area contributed by atoms with Crippen molar-refractivity contribution in [2.45, 2.75) is 51.4 Å². The lowest BCUT2D eigenvalue weighted by Crippen LogP contribution is -2.40. The Hall–Kier alpha value is -2.08. The van der Waals surface area contributed by atoms with Crippen molar-refractivity contribution in [1.82, 2.24) is 5.06 Å². The first-order chi connectivity index (χ1) is 10.8. The molecule has 0 N–H and O–H groups in total. The Morgan fingerprint density at radius 1 is 1.26 bits per heavy atom. The number of amides is 1. The van der Waals surface area contributed by atoms with E-state index in [9.17, 15) is 9.59 Å². The highest BCUT2D eigenvalue weighted by molar-refractivity contribution is 5.72. The molecular formula is C17H23NO5. The number of ether oxygens (including phenoxy) is 2. The Morgan fingerprint density at radius 3 is 2.48 bits per heavy atom. The number of benzene rings is 1. The first-order valence-electron chi connectivity index (χ1n) is 7.61. The summed E-state index contributed by atoms with van der Waals surface area (Å²) in [6, 6.07) is 9.17. The molecular weight excluding hydrogens is 298 g/mol. The smallest absolute Gasteiger partial charge is 0.434 e. The molecule has 2 rings (SSSR count). The Labute approximate surface area is 136 Å². The lowest BCUT2D eigenvalue weighted by molar-refractivity contribution is -0.159. The summed E-state index contributed by atoms with van der Waals surface area (Å²) in [6.45, 7) is 5.35. The average molecular weight is 321 g/mol. The number of hydroxylamine groups is 2. The Kier molecular flexibility index (Phi) is 5.26. The molecule has 23 heavy (non-hydrogen) atoms. The van der Waals surface area contributed by atoms with E-state index in [1.165, 1.54) is 12.2 Å². The van der Waals surface area contributed by atoms with E-state index < -0.39 is 17.7 Å². The van der Waals surface area contributed by atoms with E-state index in [0.29, 0.717) is 6.42 Å². The highest BCUT2D eigenvalue weighted by atomic mass is 16.7. The lowest BCUT2D eigenvalue weighted by Gasteiger charge is -2.26. The van der Waals surface area contributed by atoms with Gasteiger partial charge in [-0.1, -0.05) is 30.3 Å². The molecule has 0 unspecified atom stereocenters. The van der Waals surface area contributed by atoms with Crippen molar-refractivity contribution in [3.63, 3.8) is 0 Å². The third kappa shape index (κ3) is 4.69. The average Bonchev–Trinajstić information content (AvgIpc) is 2.90. The van der Waals surface area contributed by atoms with Crippen molar-refractivity contribution in [1.29, 1.82) is 0 Å². The first-order valence-corrected chi connectivity index (χ1v) is 7.61. The molecule has 6 nitrogen and oxygen atoms in total. The highest BCUT2D eigenvalue weighted by Gasteiger charge is 2.41. The van der Waals surface area contributed by atoms with E-state index in [4.69, 9.17) is 14.3 Å². The summed E-state index contributed by atoms with van der Waals surface area (Å²) >= 11 is 0. The van der Waals surface area contributed by atoms with Crippen molar-refractivity contribution >= 4 is 12.1 Å². The number of methoxy groups -OCH3 is 1. The fourth-order valence-corrected chi connectivity index (χ4v) is 2.41. The van der Waals surface area contributed by atoms with Crippen molar-refractivity contribution in [3.05, 3.63) is 35.9 Å². The topological polar surface area (TPSA) is 65.1 Å². The normalized spacial score (nSPS) is 21.1. The molecule has 2 atom stereocenters. The summed E-state index contributed by atoms with van der Waals surface area (Å²) in [6.07, 6.45) is -0.305.